The van der Waals surface area contributed by atoms with Gasteiger partial charge in [-0.2, -0.15) is 21.7 Å². The summed E-state index contributed by atoms with van der Waals surface area (Å²) in [5.74, 6) is 0. The number of hydrogen-bond acceptors (Lipinski definition) is 4. The van der Waals surface area contributed by atoms with E-state index in [4.69, 9.17) is 0 Å². The number of hydrogen-bond donors (Lipinski definition) is 0. The molecule has 1 aromatic carbocycles. The second-order valence-electron chi connectivity index (χ2n) is 2.70. The van der Waals surface area contributed by atoms with Crippen LogP contribution < -0.4 is 0 Å². The Bertz CT molecular complexity index is 581. The van der Waals surface area contributed by atoms with Crippen molar-refractivity contribution in [3.63, 3.8) is 0 Å². The standard InChI is InChI=1S/C9H4N3S.2V/c1-2-4-7-6(3-1)9-8(11-10-7)5-13-12-9;;/h1-4H;;/q-1;;. The minimum atomic E-state index is 0. The maximum absolute atomic E-state index is 4.23. The molecule has 2 heterocycles. The fraction of sp³-hybridized carbons (Fsp3) is 0. The summed E-state index contributed by atoms with van der Waals surface area (Å²) in [5, 5.41) is 12.1. The van der Waals surface area contributed by atoms with E-state index in [1.165, 1.54) is 11.5 Å². The SMILES string of the molecule is [V].[V].[c-]1snc2c1nnc1ccccc12. The molecule has 0 saturated carbocycles. The molecular weight excluding hydrogens is 284 g/mol. The fourth-order valence-corrected chi connectivity index (χ4v) is 1.86. The van der Waals surface area contributed by atoms with Gasteiger partial charge in [-0.1, -0.05) is 23.6 Å². The Hall–Kier alpha value is -0.381. The monoisotopic (exact) mass is 288 g/mol. The van der Waals surface area contributed by atoms with Crippen LogP contribution in [0.4, 0.5) is 0 Å². The zero-order valence-electron chi connectivity index (χ0n) is 7.45. The van der Waals surface area contributed by atoms with Gasteiger partial charge in [-0.25, -0.2) is 0 Å². The maximum Gasteiger partial charge on any atom is 0.0771 e. The molecule has 0 aliphatic carbocycles. The molecule has 3 aromatic rings. The summed E-state index contributed by atoms with van der Waals surface area (Å²) >= 11 is 1.29. The number of aromatic nitrogens is 3. The summed E-state index contributed by atoms with van der Waals surface area (Å²) in [4.78, 5) is 0. The van der Waals surface area contributed by atoms with Crippen molar-refractivity contribution in [2.45, 2.75) is 0 Å². The summed E-state index contributed by atoms with van der Waals surface area (Å²) in [6.45, 7) is 0. The molecule has 0 spiro atoms. The summed E-state index contributed by atoms with van der Waals surface area (Å²) < 4.78 is 4.23. The van der Waals surface area contributed by atoms with Crippen LogP contribution >= 0.6 is 11.5 Å². The van der Waals surface area contributed by atoms with E-state index >= 15 is 0 Å². The van der Waals surface area contributed by atoms with Gasteiger partial charge in [0.25, 0.3) is 0 Å². The molecule has 0 aliphatic heterocycles. The quantitative estimate of drug-likeness (QED) is 0.594. The number of nitrogens with zero attached hydrogens (tertiary/aromatic N) is 3. The molecule has 0 fully saturated rings. The van der Waals surface area contributed by atoms with E-state index in [-0.39, 0.29) is 37.1 Å². The third kappa shape index (κ3) is 2.10. The van der Waals surface area contributed by atoms with Crippen LogP contribution in [0.25, 0.3) is 21.9 Å². The van der Waals surface area contributed by atoms with Gasteiger partial charge in [-0.05, 0) is 17.1 Å². The normalized spacial score (nSPS) is 9.60. The summed E-state index contributed by atoms with van der Waals surface area (Å²) in [7, 11) is 0. The van der Waals surface area contributed by atoms with Gasteiger partial charge in [-0.15, -0.1) is 5.38 Å². The Morgan fingerprint density at radius 2 is 1.87 bits per heavy atom. The van der Waals surface area contributed by atoms with Crippen LogP contribution in [0.1, 0.15) is 0 Å². The van der Waals surface area contributed by atoms with E-state index in [0.717, 1.165) is 21.9 Å². The minimum Gasteiger partial charge on any atom is -0.306 e. The predicted molar refractivity (Wildman–Crippen MR) is 51.6 cm³/mol. The van der Waals surface area contributed by atoms with Gasteiger partial charge in [0, 0.05) is 37.1 Å². The minimum absolute atomic E-state index is 0. The van der Waals surface area contributed by atoms with E-state index in [2.05, 4.69) is 20.0 Å². The van der Waals surface area contributed by atoms with Gasteiger partial charge in [-0.3, -0.25) is 0 Å². The van der Waals surface area contributed by atoms with E-state index in [1.807, 2.05) is 24.3 Å². The molecule has 72 valence electrons. The Balaban J connectivity index is 0.000000562. The Kier molecular flexibility index (Phi) is 4.31. The molecule has 6 heteroatoms. The topological polar surface area (TPSA) is 38.7 Å². The molecule has 2 aromatic heterocycles. The first kappa shape index (κ1) is 12.7. The summed E-state index contributed by atoms with van der Waals surface area (Å²) in [6.07, 6.45) is 0. The van der Waals surface area contributed by atoms with Gasteiger partial charge < -0.3 is 4.37 Å². The van der Waals surface area contributed by atoms with Gasteiger partial charge >= 0.3 is 0 Å². The summed E-state index contributed by atoms with van der Waals surface area (Å²) in [5.41, 5.74) is 2.54. The van der Waals surface area contributed by atoms with Crippen LogP contribution in [0.5, 0.6) is 0 Å². The Morgan fingerprint density at radius 1 is 1.07 bits per heavy atom. The molecule has 3 rings (SSSR count). The van der Waals surface area contributed by atoms with Crippen molar-refractivity contribution in [3.05, 3.63) is 29.6 Å². The second kappa shape index (κ2) is 5.10. The summed E-state index contributed by atoms with van der Waals surface area (Å²) in [6, 6.07) is 7.85. The van der Waals surface area contributed by atoms with Crippen LogP contribution in [-0.4, -0.2) is 14.6 Å². The molecular formula is C9H4N3SV2-. The molecule has 0 atom stereocenters. The van der Waals surface area contributed by atoms with E-state index < -0.39 is 0 Å². The van der Waals surface area contributed by atoms with Crippen molar-refractivity contribution >= 4 is 33.5 Å². The smallest absolute Gasteiger partial charge is 0.0771 e. The number of fused-ring (bicyclic) bond motifs is 3. The molecule has 0 N–H and O–H groups in total. The Morgan fingerprint density at radius 3 is 2.73 bits per heavy atom. The predicted octanol–water partition coefficient (Wildman–Crippen LogP) is 2.03. The average Bonchev–Trinajstić information content (AvgIpc) is 2.65. The first-order valence-corrected chi connectivity index (χ1v) is 4.61. The van der Waals surface area contributed by atoms with Crippen molar-refractivity contribution in [3.8, 4) is 0 Å². The molecule has 0 aliphatic rings. The Labute approximate surface area is 114 Å². The van der Waals surface area contributed by atoms with Gasteiger partial charge in [0.2, 0.25) is 0 Å². The van der Waals surface area contributed by atoms with E-state index in [1.54, 1.807) is 0 Å². The van der Waals surface area contributed by atoms with Crippen LogP contribution in [0.2, 0.25) is 0 Å². The third-order valence-corrected chi connectivity index (χ3v) is 2.48. The van der Waals surface area contributed by atoms with Crippen LogP contribution in [0.15, 0.2) is 24.3 Å². The largest absolute Gasteiger partial charge is 0.306 e. The fourth-order valence-electron chi connectivity index (χ4n) is 1.31. The zero-order valence-corrected chi connectivity index (χ0v) is 11.1. The molecule has 0 bridgehead atoms. The van der Waals surface area contributed by atoms with Crippen molar-refractivity contribution in [1.29, 1.82) is 0 Å². The van der Waals surface area contributed by atoms with Crippen LogP contribution in [0, 0.1) is 5.38 Å². The molecule has 0 amide bonds. The van der Waals surface area contributed by atoms with Gasteiger partial charge in [0.05, 0.1) is 5.52 Å². The van der Waals surface area contributed by atoms with Crippen molar-refractivity contribution in [2.24, 2.45) is 0 Å². The van der Waals surface area contributed by atoms with Gasteiger partial charge in [0.1, 0.15) is 0 Å². The van der Waals surface area contributed by atoms with E-state index in [0.29, 0.717) is 0 Å². The maximum atomic E-state index is 4.23. The molecule has 0 saturated heterocycles. The average molecular weight is 288 g/mol. The first-order valence-electron chi connectivity index (χ1n) is 3.83. The molecule has 15 heavy (non-hydrogen) atoms. The molecule has 2 radical (unpaired) electrons. The van der Waals surface area contributed by atoms with E-state index in [9.17, 15) is 0 Å². The zero-order chi connectivity index (χ0) is 8.67. The first-order chi connectivity index (χ1) is 6.45. The second-order valence-corrected chi connectivity index (χ2v) is 3.27. The molecule has 3 nitrogen and oxygen atoms in total. The molecule has 0 unspecified atom stereocenters. The van der Waals surface area contributed by atoms with Crippen LogP contribution in [-0.2, 0) is 37.1 Å². The third-order valence-electron chi connectivity index (χ3n) is 1.92. The number of benzene rings is 1. The van der Waals surface area contributed by atoms with Crippen molar-refractivity contribution in [2.75, 3.05) is 0 Å². The van der Waals surface area contributed by atoms with Gasteiger partial charge in [0.15, 0.2) is 0 Å². The van der Waals surface area contributed by atoms with Crippen molar-refractivity contribution in [1.82, 2.24) is 14.6 Å². The number of rotatable bonds is 0. The van der Waals surface area contributed by atoms with Crippen LogP contribution in [0.3, 0.4) is 0 Å². The van der Waals surface area contributed by atoms with Crippen molar-refractivity contribution < 1.29 is 37.1 Å².